The van der Waals surface area contributed by atoms with Gasteiger partial charge in [0.1, 0.15) is 23.2 Å². The highest BCUT2D eigenvalue weighted by atomic mass is 16.5. The summed E-state index contributed by atoms with van der Waals surface area (Å²) in [5.41, 5.74) is 0.738. The zero-order valence-corrected chi connectivity index (χ0v) is 9.96. The number of benzene rings is 1. The van der Waals surface area contributed by atoms with Gasteiger partial charge in [-0.15, -0.1) is 0 Å². The third-order valence-electron chi connectivity index (χ3n) is 2.70. The molecule has 0 spiro atoms. The number of hydrogen-bond acceptors (Lipinski definition) is 4. The lowest BCUT2D eigenvalue weighted by Crippen LogP contribution is -2.26. The van der Waals surface area contributed by atoms with E-state index in [9.17, 15) is 15.0 Å². The lowest BCUT2D eigenvalue weighted by Gasteiger charge is -2.23. The van der Waals surface area contributed by atoms with E-state index in [2.05, 4.69) is 0 Å². The fraction of sp³-hybridized carbons (Fsp3) is 0.214. The second-order valence-electron chi connectivity index (χ2n) is 4.06. The van der Waals surface area contributed by atoms with Crippen molar-refractivity contribution in [2.75, 3.05) is 0 Å². The van der Waals surface area contributed by atoms with Crippen LogP contribution in [-0.2, 0) is 11.2 Å². The van der Waals surface area contributed by atoms with E-state index in [4.69, 9.17) is 4.74 Å². The standard InChI is InChI=1S/C14H14O4/c1-2-3-4-5-11-7-9-6-10(15)8-12(16)13(9)14(17)18-11/h2-6,8,11,15-16H,7H2,1H3/b3-2+,5-4+. The number of ether oxygens (including phenoxy) is 1. The van der Waals surface area contributed by atoms with Gasteiger partial charge in [0.25, 0.3) is 0 Å². The molecule has 1 aromatic carbocycles. The summed E-state index contributed by atoms with van der Waals surface area (Å²) < 4.78 is 5.18. The molecule has 1 aliphatic rings. The fourth-order valence-electron chi connectivity index (χ4n) is 1.93. The molecule has 0 saturated carbocycles. The molecule has 2 N–H and O–H groups in total. The molecule has 0 aliphatic carbocycles. The Bertz CT molecular complexity index is 529. The molecule has 1 aliphatic heterocycles. The Morgan fingerprint density at radius 1 is 1.33 bits per heavy atom. The normalized spacial score (nSPS) is 19.2. The maximum absolute atomic E-state index is 11.7. The maximum Gasteiger partial charge on any atom is 0.342 e. The predicted molar refractivity (Wildman–Crippen MR) is 66.6 cm³/mol. The molecular weight excluding hydrogens is 232 g/mol. The van der Waals surface area contributed by atoms with Crippen molar-refractivity contribution < 1.29 is 19.7 Å². The van der Waals surface area contributed by atoms with Crippen LogP contribution in [0.25, 0.3) is 0 Å². The molecule has 94 valence electrons. The summed E-state index contributed by atoms with van der Waals surface area (Å²) in [7, 11) is 0. The molecule has 0 aromatic heterocycles. The zero-order chi connectivity index (χ0) is 13.1. The lowest BCUT2D eigenvalue weighted by molar-refractivity contribution is 0.0353. The fourth-order valence-corrected chi connectivity index (χ4v) is 1.93. The van der Waals surface area contributed by atoms with Crippen LogP contribution in [0.15, 0.2) is 36.4 Å². The molecule has 0 bridgehead atoms. The van der Waals surface area contributed by atoms with Gasteiger partial charge >= 0.3 is 5.97 Å². The van der Waals surface area contributed by atoms with E-state index in [1.807, 2.05) is 19.1 Å². The Kier molecular flexibility index (Phi) is 3.37. The Hall–Kier alpha value is -2.23. The number of phenolic OH excluding ortho intramolecular Hbond substituents is 2. The van der Waals surface area contributed by atoms with Gasteiger partial charge in [-0.3, -0.25) is 0 Å². The summed E-state index contributed by atoms with van der Waals surface area (Å²) in [4.78, 5) is 11.7. The molecule has 0 radical (unpaired) electrons. The average molecular weight is 246 g/mol. The Morgan fingerprint density at radius 3 is 2.83 bits per heavy atom. The minimum Gasteiger partial charge on any atom is -0.508 e. The molecule has 4 heteroatoms. The molecule has 1 heterocycles. The maximum atomic E-state index is 11.7. The van der Waals surface area contributed by atoms with E-state index in [-0.39, 0.29) is 23.2 Å². The van der Waals surface area contributed by atoms with Crippen LogP contribution in [0.2, 0.25) is 0 Å². The minimum absolute atomic E-state index is 0.0582. The van der Waals surface area contributed by atoms with Crippen LogP contribution in [0.4, 0.5) is 0 Å². The van der Waals surface area contributed by atoms with Gasteiger partial charge in [0, 0.05) is 12.5 Å². The van der Waals surface area contributed by atoms with Gasteiger partial charge in [0.05, 0.1) is 0 Å². The van der Waals surface area contributed by atoms with Crippen LogP contribution in [0.1, 0.15) is 22.8 Å². The monoisotopic (exact) mass is 246 g/mol. The summed E-state index contributed by atoms with van der Waals surface area (Å²) in [5, 5.41) is 19.0. The molecule has 1 aromatic rings. The van der Waals surface area contributed by atoms with Gasteiger partial charge in [-0.1, -0.05) is 18.2 Å². The first-order valence-electron chi connectivity index (χ1n) is 5.67. The van der Waals surface area contributed by atoms with Gasteiger partial charge in [0.2, 0.25) is 0 Å². The molecular formula is C14H14O4. The largest absolute Gasteiger partial charge is 0.508 e. The van der Waals surface area contributed by atoms with E-state index in [0.29, 0.717) is 12.0 Å². The second-order valence-corrected chi connectivity index (χ2v) is 4.06. The number of aromatic hydroxyl groups is 2. The number of cyclic esters (lactones) is 1. The van der Waals surface area contributed by atoms with Crippen molar-refractivity contribution in [2.45, 2.75) is 19.4 Å². The van der Waals surface area contributed by atoms with Crippen molar-refractivity contribution in [1.29, 1.82) is 0 Å². The van der Waals surface area contributed by atoms with Crippen LogP contribution in [-0.4, -0.2) is 22.3 Å². The van der Waals surface area contributed by atoms with E-state index >= 15 is 0 Å². The Labute approximate surface area is 105 Å². The van der Waals surface area contributed by atoms with E-state index < -0.39 is 5.97 Å². The third kappa shape index (κ3) is 2.37. The highest BCUT2D eigenvalue weighted by Crippen LogP contribution is 2.32. The van der Waals surface area contributed by atoms with Crippen LogP contribution in [0.5, 0.6) is 11.5 Å². The van der Waals surface area contributed by atoms with Gasteiger partial charge < -0.3 is 14.9 Å². The average Bonchev–Trinajstić information content (AvgIpc) is 2.27. The van der Waals surface area contributed by atoms with Gasteiger partial charge in [-0.05, 0) is 24.6 Å². The van der Waals surface area contributed by atoms with Crippen molar-refractivity contribution in [3.05, 3.63) is 47.6 Å². The van der Waals surface area contributed by atoms with Gasteiger partial charge in [-0.25, -0.2) is 4.79 Å². The van der Waals surface area contributed by atoms with Crippen molar-refractivity contribution in [3.63, 3.8) is 0 Å². The summed E-state index contributed by atoms with van der Waals surface area (Å²) in [6, 6.07) is 2.61. The summed E-state index contributed by atoms with van der Waals surface area (Å²) in [6.07, 6.45) is 7.34. The number of esters is 1. The first kappa shape index (κ1) is 12.2. The van der Waals surface area contributed by atoms with Crippen molar-refractivity contribution in [1.82, 2.24) is 0 Å². The van der Waals surface area contributed by atoms with E-state index in [1.165, 1.54) is 6.07 Å². The summed E-state index contributed by atoms with van der Waals surface area (Å²) >= 11 is 0. The van der Waals surface area contributed by atoms with E-state index in [0.717, 1.165) is 6.07 Å². The van der Waals surface area contributed by atoms with Crippen LogP contribution in [0.3, 0.4) is 0 Å². The number of fused-ring (bicyclic) bond motifs is 1. The number of hydrogen-bond donors (Lipinski definition) is 2. The van der Waals surface area contributed by atoms with Gasteiger partial charge in [-0.2, -0.15) is 0 Å². The number of carbonyl (C=O) groups excluding carboxylic acids is 1. The molecule has 0 amide bonds. The first-order chi connectivity index (χ1) is 8.61. The van der Waals surface area contributed by atoms with Gasteiger partial charge in [0.15, 0.2) is 0 Å². The number of rotatable bonds is 2. The number of allylic oxidation sites excluding steroid dienone is 3. The number of phenols is 2. The van der Waals surface area contributed by atoms with Crippen molar-refractivity contribution in [3.8, 4) is 11.5 Å². The van der Waals surface area contributed by atoms with Crippen LogP contribution >= 0.6 is 0 Å². The Morgan fingerprint density at radius 2 is 2.11 bits per heavy atom. The zero-order valence-electron chi connectivity index (χ0n) is 9.96. The van der Waals surface area contributed by atoms with Crippen molar-refractivity contribution in [2.24, 2.45) is 0 Å². The minimum atomic E-state index is -0.566. The lowest BCUT2D eigenvalue weighted by atomic mass is 9.97. The SMILES string of the molecule is C/C=C/C=C/C1Cc2cc(O)cc(O)c2C(=O)O1. The second kappa shape index (κ2) is 4.96. The summed E-state index contributed by atoms with van der Waals surface area (Å²) in [6.45, 7) is 1.89. The molecule has 2 rings (SSSR count). The first-order valence-corrected chi connectivity index (χ1v) is 5.67. The van der Waals surface area contributed by atoms with Crippen LogP contribution < -0.4 is 0 Å². The highest BCUT2D eigenvalue weighted by molar-refractivity contribution is 5.95. The topological polar surface area (TPSA) is 66.8 Å². The molecule has 0 fully saturated rings. The smallest absolute Gasteiger partial charge is 0.342 e. The van der Waals surface area contributed by atoms with Crippen molar-refractivity contribution >= 4 is 5.97 Å². The quantitative estimate of drug-likeness (QED) is 0.620. The summed E-state index contributed by atoms with van der Waals surface area (Å²) in [5.74, 6) is -0.869. The highest BCUT2D eigenvalue weighted by Gasteiger charge is 2.28. The molecule has 1 atom stereocenters. The number of carbonyl (C=O) groups is 1. The van der Waals surface area contributed by atoms with E-state index in [1.54, 1.807) is 12.2 Å². The molecule has 18 heavy (non-hydrogen) atoms. The van der Waals surface area contributed by atoms with Crippen LogP contribution in [0, 0.1) is 0 Å². The molecule has 4 nitrogen and oxygen atoms in total. The molecule has 0 saturated heterocycles. The third-order valence-corrected chi connectivity index (χ3v) is 2.70. The molecule has 1 unspecified atom stereocenters. The Balaban J connectivity index is 2.31. The predicted octanol–water partition coefficient (Wildman–Crippen LogP) is 2.31.